The van der Waals surface area contributed by atoms with Crippen LogP contribution in [0.25, 0.3) is 0 Å². The molecule has 0 bridgehead atoms. The molecule has 0 saturated carbocycles. The highest BCUT2D eigenvalue weighted by Crippen LogP contribution is 1.94. The van der Waals surface area contributed by atoms with E-state index in [4.69, 9.17) is 5.73 Å². The minimum Gasteiger partial charge on any atom is -0.369 e. The maximum Gasteiger partial charge on any atom is 0.225 e. The zero-order chi connectivity index (χ0) is 8.27. The summed E-state index contributed by atoms with van der Waals surface area (Å²) in [4.78, 5) is 10.5. The largest absolute Gasteiger partial charge is 0.369 e. The van der Waals surface area contributed by atoms with E-state index in [1.807, 2.05) is 6.92 Å². The molecule has 2 N–H and O–H groups in total. The standard InChI is InChI=1S/C6H10N4O/c1-2-10-4-8-9-6(10)3-5(7)11/h4H,2-3H2,1H3,(H2,7,11). The Morgan fingerprint density at radius 1 is 1.82 bits per heavy atom. The Morgan fingerprint density at radius 2 is 2.55 bits per heavy atom. The molecule has 0 aromatic carbocycles. The van der Waals surface area contributed by atoms with Crippen molar-refractivity contribution in [1.29, 1.82) is 0 Å². The number of aryl methyl sites for hydroxylation is 1. The van der Waals surface area contributed by atoms with E-state index < -0.39 is 0 Å². The monoisotopic (exact) mass is 154 g/mol. The van der Waals surface area contributed by atoms with E-state index >= 15 is 0 Å². The summed E-state index contributed by atoms with van der Waals surface area (Å²) in [6.07, 6.45) is 1.74. The second kappa shape index (κ2) is 3.14. The van der Waals surface area contributed by atoms with E-state index in [1.165, 1.54) is 0 Å². The van der Waals surface area contributed by atoms with E-state index in [9.17, 15) is 4.79 Å². The Labute approximate surface area is 64.2 Å². The molecule has 60 valence electrons. The van der Waals surface area contributed by atoms with Gasteiger partial charge in [-0.1, -0.05) is 0 Å². The molecule has 11 heavy (non-hydrogen) atoms. The van der Waals surface area contributed by atoms with Crippen molar-refractivity contribution in [2.45, 2.75) is 19.9 Å². The molecule has 1 rings (SSSR count). The number of hydrogen-bond donors (Lipinski definition) is 1. The number of hydrogen-bond acceptors (Lipinski definition) is 3. The van der Waals surface area contributed by atoms with Crippen LogP contribution < -0.4 is 5.73 Å². The molecule has 0 aliphatic carbocycles. The van der Waals surface area contributed by atoms with Crippen molar-refractivity contribution in [3.05, 3.63) is 12.2 Å². The average molecular weight is 154 g/mol. The summed E-state index contributed by atoms with van der Waals surface area (Å²) in [5.74, 6) is 0.243. The summed E-state index contributed by atoms with van der Waals surface area (Å²) < 4.78 is 1.78. The molecule has 1 heterocycles. The number of rotatable bonds is 3. The molecule has 0 aliphatic rings. The molecule has 0 atom stereocenters. The molecule has 0 aliphatic heterocycles. The van der Waals surface area contributed by atoms with Crippen molar-refractivity contribution in [2.24, 2.45) is 5.73 Å². The van der Waals surface area contributed by atoms with E-state index in [1.54, 1.807) is 10.9 Å². The third-order valence-electron chi connectivity index (χ3n) is 1.37. The van der Waals surface area contributed by atoms with Gasteiger partial charge < -0.3 is 10.3 Å². The number of nitrogens with zero attached hydrogens (tertiary/aromatic N) is 3. The lowest BCUT2D eigenvalue weighted by Crippen LogP contribution is -2.16. The smallest absolute Gasteiger partial charge is 0.225 e. The SMILES string of the molecule is CCn1cnnc1CC(N)=O. The van der Waals surface area contributed by atoms with Crippen molar-refractivity contribution >= 4 is 5.91 Å². The molecular formula is C6H10N4O. The Hall–Kier alpha value is -1.39. The molecule has 5 heteroatoms. The fourth-order valence-electron chi connectivity index (χ4n) is 0.836. The Kier molecular flexibility index (Phi) is 2.20. The molecule has 0 saturated heterocycles. The predicted octanol–water partition coefficient (Wildman–Crippen LogP) is -0.674. The van der Waals surface area contributed by atoms with Gasteiger partial charge in [0.2, 0.25) is 5.91 Å². The van der Waals surface area contributed by atoms with Crippen LogP contribution in [0.4, 0.5) is 0 Å². The third-order valence-corrected chi connectivity index (χ3v) is 1.37. The van der Waals surface area contributed by atoms with Gasteiger partial charge >= 0.3 is 0 Å². The molecule has 1 aromatic rings. The van der Waals surface area contributed by atoms with Crippen molar-refractivity contribution < 1.29 is 4.79 Å². The van der Waals surface area contributed by atoms with Gasteiger partial charge in [-0.3, -0.25) is 4.79 Å². The predicted molar refractivity (Wildman–Crippen MR) is 38.6 cm³/mol. The highest BCUT2D eigenvalue weighted by Gasteiger charge is 2.04. The molecule has 0 spiro atoms. The molecular weight excluding hydrogens is 144 g/mol. The molecule has 0 radical (unpaired) electrons. The Morgan fingerprint density at radius 3 is 3.09 bits per heavy atom. The third kappa shape index (κ3) is 1.76. The quantitative estimate of drug-likeness (QED) is 0.627. The van der Waals surface area contributed by atoms with Crippen molar-refractivity contribution in [2.75, 3.05) is 0 Å². The number of carbonyl (C=O) groups excluding carboxylic acids is 1. The van der Waals surface area contributed by atoms with Crippen LogP contribution in [0.2, 0.25) is 0 Å². The van der Waals surface area contributed by atoms with E-state index in [0.717, 1.165) is 6.54 Å². The number of aromatic nitrogens is 3. The van der Waals surface area contributed by atoms with Gasteiger partial charge in [-0.15, -0.1) is 10.2 Å². The van der Waals surface area contributed by atoms with E-state index in [-0.39, 0.29) is 12.3 Å². The normalized spacial score (nSPS) is 9.91. The summed E-state index contributed by atoms with van der Waals surface area (Å²) >= 11 is 0. The first-order valence-electron chi connectivity index (χ1n) is 3.39. The van der Waals surface area contributed by atoms with Gasteiger partial charge in [0.05, 0.1) is 6.42 Å². The van der Waals surface area contributed by atoms with Gasteiger partial charge in [0.15, 0.2) is 0 Å². The first-order chi connectivity index (χ1) is 5.24. The number of carbonyl (C=O) groups is 1. The second-order valence-electron chi connectivity index (χ2n) is 2.18. The van der Waals surface area contributed by atoms with E-state index in [0.29, 0.717) is 5.82 Å². The molecule has 1 aromatic heterocycles. The van der Waals surface area contributed by atoms with Crippen LogP contribution >= 0.6 is 0 Å². The van der Waals surface area contributed by atoms with Crippen LogP contribution in [0, 0.1) is 0 Å². The van der Waals surface area contributed by atoms with Crippen molar-refractivity contribution in [3.8, 4) is 0 Å². The maximum absolute atomic E-state index is 10.5. The van der Waals surface area contributed by atoms with E-state index in [2.05, 4.69) is 10.2 Å². The van der Waals surface area contributed by atoms with Crippen LogP contribution in [0.3, 0.4) is 0 Å². The van der Waals surface area contributed by atoms with Crippen molar-refractivity contribution in [1.82, 2.24) is 14.8 Å². The van der Waals surface area contributed by atoms with Gasteiger partial charge in [-0.2, -0.15) is 0 Å². The lowest BCUT2D eigenvalue weighted by atomic mass is 10.4. The summed E-state index contributed by atoms with van der Waals surface area (Å²) in [5, 5.41) is 7.39. The number of amides is 1. The number of primary amides is 1. The fraction of sp³-hybridized carbons (Fsp3) is 0.500. The minimum absolute atomic E-state index is 0.161. The molecule has 0 unspecified atom stereocenters. The first kappa shape index (κ1) is 7.71. The van der Waals surface area contributed by atoms with Gasteiger partial charge in [0.25, 0.3) is 0 Å². The fourth-order valence-corrected chi connectivity index (χ4v) is 0.836. The lowest BCUT2D eigenvalue weighted by Gasteiger charge is -1.98. The van der Waals surface area contributed by atoms with Crippen LogP contribution in [-0.4, -0.2) is 20.7 Å². The van der Waals surface area contributed by atoms with Gasteiger partial charge in [0, 0.05) is 6.54 Å². The number of nitrogens with two attached hydrogens (primary N) is 1. The Bertz CT molecular complexity index is 255. The summed E-state index contributed by atoms with van der Waals surface area (Å²) in [6, 6.07) is 0. The second-order valence-corrected chi connectivity index (χ2v) is 2.18. The van der Waals surface area contributed by atoms with Gasteiger partial charge in [0.1, 0.15) is 12.2 Å². The van der Waals surface area contributed by atoms with Crippen LogP contribution in [-0.2, 0) is 17.8 Å². The van der Waals surface area contributed by atoms with Crippen LogP contribution in [0.5, 0.6) is 0 Å². The molecule has 0 fully saturated rings. The Balaban J connectivity index is 2.76. The zero-order valence-corrected chi connectivity index (χ0v) is 6.32. The summed E-state index contributed by atoms with van der Waals surface area (Å²) in [6.45, 7) is 2.71. The van der Waals surface area contributed by atoms with Gasteiger partial charge in [-0.05, 0) is 6.92 Å². The summed E-state index contributed by atoms with van der Waals surface area (Å²) in [7, 11) is 0. The molecule has 1 amide bonds. The maximum atomic E-state index is 10.5. The highest BCUT2D eigenvalue weighted by molar-refractivity contribution is 5.75. The lowest BCUT2D eigenvalue weighted by molar-refractivity contribution is -0.117. The van der Waals surface area contributed by atoms with Crippen molar-refractivity contribution in [3.63, 3.8) is 0 Å². The van der Waals surface area contributed by atoms with Crippen LogP contribution in [0.1, 0.15) is 12.7 Å². The zero-order valence-electron chi connectivity index (χ0n) is 6.32. The van der Waals surface area contributed by atoms with Gasteiger partial charge in [-0.25, -0.2) is 0 Å². The average Bonchev–Trinajstić information content (AvgIpc) is 2.34. The summed E-state index contributed by atoms with van der Waals surface area (Å²) in [5.41, 5.74) is 4.99. The topological polar surface area (TPSA) is 73.8 Å². The highest BCUT2D eigenvalue weighted by atomic mass is 16.1. The van der Waals surface area contributed by atoms with Crippen LogP contribution in [0.15, 0.2) is 6.33 Å². The first-order valence-corrected chi connectivity index (χ1v) is 3.39. The minimum atomic E-state index is -0.382. The molecule has 5 nitrogen and oxygen atoms in total.